The van der Waals surface area contributed by atoms with Crippen molar-refractivity contribution >= 4 is 8.25 Å². The molecule has 0 aromatic carbocycles. The van der Waals surface area contributed by atoms with E-state index < -0.39 is 8.25 Å². The van der Waals surface area contributed by atoms with Crippen molar-refractivity contribution < 1.29 is 47.9 Å². The predicted molar refractivity (Wildman–Crippen MR) is 12.0 cm³/mol. The summed E-state index contributed by atoms with van der Waals surface area (Å²) in [7, 11) is -2.87. The van der Waals surface area contributed by atoms with Crippen molar-refractivity contribution in [3.8, 4) is 0 Å². The van der Waals surface area contributed by atoms with Crippen LogP contribution in [-0.4, -0.2) is 9.79 Å². The third-order valence-electron chi connectivity index (χ3n) is 0. The first-order valence-corrected chi connectivity index (χ1v) is 1.75. The summed E-state index contributed by atoms with van der Waals surface area (Å²) in [5, 5.41) is 0. The van der Waals surface area contributed by atoms with Gasteiger partial charge in [-0.3, -0.25) is 0 Å². The molecule has 0 heterocycles. The quantitative estimate of drug-likeness (QED) is 0.409. The molecule has 0 aromatic rings. The second kappa shape index (κ2) is 9.40. The molecule has 0 saturated heterocycles. The fourth-order valence-electron chi connectivity index (χ4n) is 0. The average molecular weight is 196 g/mol. The summed E-state index contributed by atoms with van der Waals surface area (Å²) in [6.07, 6.45) is 0. The Morgan fingerprint density at radius 1 is 1.33 bits per heavy atom. The van der Waals surface area contributed by atoms with Crippen molar-refractivity contribution in [3.05, 3.63) is 0 Å². The Labute approximate surface area is 56.5 Å². The molecule has 0 radical (unpaired) electrons. The van der Waals surface area contributed by atoms with Crippen LogP contribution in [-0.2, 0) is 38.1 Å². The number of hydrogen-bond acceptors (Lipinski definition) is 1. The molecule has 0 bridgehead atoms. The molecule has 3 nitrogen and oxygen atoms in total. The van der Waals surface area contributed by atoms with Gasteiger partial charge in [0.1, 0.15) is 0 Å². The topological polar surface area (TPSA) is 57.5 Å². The Morgan fingerprint density at radius 3 is 1.33 bits per heavy atom. The molecule has 0 fully saturated rings. The van der Waals surface area contributed by atoms with E-state index in [1.165, 1.54) is 0 Å². The monoisotopic (exact) mass is 195 g/mol. The van der Waals surface area contributed by atoms with E-state index in [0.29, 0.717) is 0 Å². The van der Waals surface area contributed by atoms with Gasteiger partial charge >= 0.3 is 8.25 Å². The van der Waals surface area contributed by atoms with Gasteiger partial charge in [-0.15, -0.1) is 9.79 Å². The van der Waals surface area contributed by atoms with Crippen molar-refractivity contribution in [2.24, 2.45) is 0 Å². The van der Waals surface area contributed by atoms with Gasteiger partial charge < -0.3 is 0 Å². The second-order valence-corrected chi connectivity index (χ2v) is 0.758. The van der Waals surface area contributed by atoms with Gasteiger partial charge in [0.15, 0.2) is 0 Å². The Morgan fingerprint density at radius 2 is 1.33 bits per heavy atom. The largest absolute Gasteiger partial charge is 0.692 e. The van der Waals surface area contributed by atoms with Crippen LogP contribution in [0.4, 0.5) is 0 Å². The van der Waals surface area contributed by atoms with Gasteiger partial charge in [-0.1, -0.05) is 0 Å². The summed E-state index contributed by atoms with van der Waals surface area (Å²) in [5.41, 5.74) is 0. The normalized spacial score (nSPS) is 4.33. The van der Waals surface area contributed by atoms with E-state index in [9.17, 15) is 0 Å². The SMILES string of the molecule is O=[P+](O)O.[Fe].[Ni]. The van der Waals surface area contributed by atoms with Crippen molar-refractivity contribution in [2.75, 3.05) is 0 Å². The van der Waals surface area contributed by atoms with Gasteiger partial charge in [0, 0.05) is 38.1 Å². The molecule has 0 amide bonds. The van der Waals surface area contributed by atoms with Crippen LogP contribution < -0.4 is 0 Å². The molecule has 0 aliphatic rings. The van der Waals surface area contributed by atoms with Crippen LogP contribution in [0.5, 0.6) is 0 Å². The van der Waals surface area contributed by atoms with Crippen LogP contribution in [0.25, 0.3) is 0 Å². The number of rotatable bonds is 0. The maximum absolute atomic E-state index is 8.70. The molecular formula is H2FeNiO3P+. The van der Waals surface area contributed by atoms with Gasteiger partial charge in [-0.05, 0) is 0 Å². The molecule has 42 valence electrons. The van der Waals surface area contributed by atoms with E-state index in [1.807, 2.05) is 0 Å². The Bertz CT molecular complexity index is 33.8. The molecule has 0 unspecified atom stereocenters. The fourth-order valence-corrected chi connectivity index (χ4v) is 0. The van der Waals surface area contributed by atoms with Crippen molar-refractivity contribution in [1.29, 1.82) is 0 Å². The molecule has 0 aliphatic carbocycles. The molecular weight excluding hydrogens is 194 g/mol. The zero-order valence-electron chi connectivity index (χ0n) is 2.42. The third kappa shape index (κ3) is 76.7. The van der Waals surface area contributed by atoms with Crippen molar-refractivity contribution in [2.45, 2.75) is 0 Å². The molecule has 0 spiro atoms. The van der Waals surface area contributed by atoms with Crippen LogP contribution in [0.3, 0.4) is 0 Å². The van der Waals surface area contributed by atoms with E-state index in [-0.39, 0.29) is 33.6 Å². The van der Waals surface area contributed by atoms with E-state index in [4.69, 9.17) is 14.4 Å². The van der Waals surface area contributed by atoms with Gasteiger partial charge in [0.05, 0.1) is 0 Å². The summed E-state index contributed by atoms with van der Waals surface area (Å²) in [6.45, 7) is 0. The summed E-state index contributed by atoms with van der Waals surface area (Å²) >= 11 is 0. The van der Waals surface area contributed by atoms with Crippen molar-refractivity contribution in [3.63, 3.8) is 0 Å². The summed E-state index contributed by atoms with van der Waals surface area (Å²) in [4.78, 5) is 14.2. The molecule has 0 rings (SSSR count). The molecule has 0 aromatic heterocycles. The fraction of sp³-hybridized carbons (Fsp3) is 0. The predicted octanol–water partition coefficient (Wildman–Crippen LogP) is -0.377. The van der Waals surface area contributed by atoms with E-state index in [2.05, 4.69) is 0 Å². The van der Waals surface area contributed by atoms with Crippen LogP contribution in [0, 0.1) is 0 Å². The molecule has 0 aliphatic heterocycles. The molecule has 2 N–H and O–H groups in total. The molecule has 0 atom stereocenters. The van der Waals surface area contributed by atoms with E-state index >= 15 is 0 Å². The first-order valence-electron chi connectivity index (χ1n) is 0.583. The van der Waals surface area contributed by atoms with Gasteiger partial charge in [-0.25, -0.2) is 0 Å². The summed E-state index contributed by atoms with van der Waals surface area (Å²) < 4.78 is 8.70. The van der Waals surface area contributed by atoms with Crippen molar-refractivity contribution in [1.82, 2.24) is 0 Å². The standard InChI is InChI=1S/Fe.Ni.HO3P/c;;1-4(2)3/h;;(H-,1,2,3)/p+1. The Kier molecular flexibility index (Phi) is 24.6. The minimum absolute atomic E-state index is 0. The molecule has 0 saturated carbocycles. The van der Waals surface area contributed by atoms with Gasteiger partial charge in [-0.2, -0.15) is 0 Å². The van der Waals surface area contributed by atoms with Crippen LogP contribution in [0.15, 0.2) is 0 Å². The minimum Gasteiger partial charge on any atom is -0.134 e. The van der Waals surface area contributed by atoms with Crippen LogP contribution in [0.1, 0.15) is 0 Å². The van der Waals surface area contributed by atoms with Crippen LogP contribution >= 0.6 is 8.25 Å². The van der Waals surface area contributed by atoms with E-state index in [1.54, 1.807) is 0 Å². The number of hydrogen-bond donors (Lipinski definition) is 2. The zero-order valence-corrected chi connectivity index (χ0v) is 5.41. The molecule has 6 heteroatoms. The average Bonchev–Trinajstić information content (AvgIpc) is 0.811. The zero-order chi connectivity index (χ0) is 3.58. The van der Waals surface area contributed by atoms with E-state index in [0.717, 1.165) is 0 Å². The maximum atomic E-state index is 8.70. The smallest absolute Gasteiger partial charge is 0.134 e. The van der Waals surface area contributed by atoms with Crippen LogP contribution in [0.2, 0.25) is 0 Å². The minimum atomic E-state index is -2.87. The maximum Gasteiger partial charge on any atom is 0.692 e. The summed E-state index contributed by atoms with van der Waals surface area (Å²) in [6, 6.07) is 0. The van der Waals surface area contributed by atoms with Gasteiger partial charge in [0.25, 0.3) is 0 Å². The first-order chi connectivity index (χ1) is 1.73. The van der Waals surface area contributed by atoms with Gasteiger partial charge in [0.2, 0.25) is 0 Å². The molecule has 6 heavy (non-hydrogen) atoms. The third-order valence-corrected chi connectivity index (χ3v) is 0. The Hall–Kier alpha value is 1.03. The summed E-state index contributed by atoms with van der Waals surface area (Å²) in [5.74, 6) is 0. The Balaban J connectivity index is -0.0000000450. The first kappa shape index (κ1) is 15.7. The second-order valence-electron chi connectivity index (χ2n) is 0.253.